The second-order valence-corrected chi connectivity index (χ2v) is 4.64. The van der Waals surface area contributed by atoms with Gasteiger partial charge in [-0.25, -0.2) is 0 Å². The average Bonchev–Trinajstić information content (AvgIpc) is 2.39. The highest BCUT2D eigenvalue weighted by atomic mass is 79.9. The third kappa shape index (κ3) is 3.28. The van der Waals surface area contributed by atoms with Gasteiger partial charge in [-0.2, -0.15) is 0 Å². The minimum absolute atomic E-state index is 0.110. The third-order valence-corrected chi connectivity index (χ3v) is 3.06. The summed E-state index contributed by atoms with van der Waals surface area (Å²) >= 11 is 3.41. The Labute approximate surface area is 109 Å². The molecule has 3 N–H and O–H groups in total. The Bertz CT molecular complexity index is 456. The van der Waals surface area contributed by atoms with Crippen molar-refractivity contribution in [3.05, 3.63) is 58.8 Å². The number of halogens is 1. The van der Waals surface area contributed by atoms with Crippen molar-refractivity contribution in [3.8, 4) is 0 Å². The van der Waals surface area contributed by atoms with E-state index >= 15 is 0 Å². The van der Waals surface area contributed by atoms with Crippen LogP contribution in [0.4, 0.5) is 5.69 Å². The second kappa shape index (κ2) is 5.80. The lowest BCUT2D eigenvalue weighted by Crippen LogP contribution is -2.20. The maximum Gasteiger partial charge on any atom is 0.0637 e. The molecule has 1 heterocycles. The second-order valence-electron chi connectivity index (χ2n) is 3.72. The molecular weight excluding hydrogens is 278 g/mol. The van der Waals surface area contributed by atoms with Crippen molar-refractivity contribution in [2.45, 2.75) is 6.04 Å². The van der Waals surface area contributed by atoms with E-state index < -0.39 is 0 Å². The largest absolute Gasteiger partial charge is 0.377 e. The number of nitrogens with two attached hydrogens (primary N) is 1. The monoisotopic (exact) mass is 291 g/mol. The molecule has 2 aromatic rings. The average molecular weight is 292 g/mol. The van der Waals surface area contributed by atoms with E-state index in [1.807, 2.05) is 36.4 Å². The highest BCUT2D eigenvalue weighted by Crippen LogP contribution is 2.20. The van der Waals surface area contributed by atoms with E-state index in [0.717, 1.165) is 15.7 Å². The zero-order valence-corrected chi connectivity index (χ0v) is 10.9. The SMILES string of the molecule is NCC(Nc1ccc(Br)cc1)c1ccncc1. The molecule has 0 saturated carbocycles. The molecule has 1 aromatic heterocycles. The van der Waals surface area contributed by atoms with E-state index in [2.05, 4.69) is 26.2 Å². The van der Waals surface area contributed by atoms with Crippen LogP contribution in [0.2, 0.25) is 0 Å². The highest BCUT2D eigenvalue weighted by molar-refractivity contribution is 9.10. The molecule has 1 atom stereocenters. The summed E-state index contributed by atoms with van der Waals surface area (Å²) in [6.45, 7) is 0.542. The van der Waals surface area contributed by atoms with E-state index in [0.29, 0.717) is 6.54 Å². The minimum atomic E-state index is 0.110. The van der Waals surface area contributed by atoms with Crippen molar-refractivity contribution in [3.63, 3.8) is 0 Å². The molecule has 0 saturated heterocycles. The molecular formula is C13H14BrN3. The van der Waals surface area contributed by atoms with Crippen LogP contribution in [0.1, 0.15) is 11.6 Å². The molecule has 3 nitrogen and oxygen atoms in total. The summed E-state index contributed by atoms with van der Waals surface area (Å²) in [6.07, 6.45) is 3.56. The zero-order chi connectivity index (χ0) is 12.1. The van der Waals surface area contributed by atoms with Crippen LogP contribution >= 0.6 is 15.9 Å². The van der Waals surface area contributed by atoms with Crippen molar-refractivity contribution >= 4 is 21.6 Å². The molecule has 4 heteroatoms. The van der Waals surface area contributed by atoms with Crippen LogP contribution < -0.4 is 11.1 Å². The van der Waals surface area contributed by atoms with Gasteiger partial charge < -0.3 is 11.1 Å². The topological polar surface area (TPSA) is 50.9 Å². The number of aromatic nitrogens is 1. The number of nitrogens with one attached hydrogen (secondary N) is 1. The Hall–Kier alpha value is -1.39. The molecule has 0 aliphatic heterocycles. The predicted octanol–water partition coefficient (Wildman–Crippen LogP) is 2.96. The fourth-order valence-corrected chi connectivity index (χ4v) is 1.89. The highest BCUT2D eigenvalue weighted by Gasteiger charge is 2.08. The summed E-state index contributed by atoms with van der Waals surface area (Å²) in [4.78, 5) is 4.01. The van der Waals surface area contributed by atoms with Crippen LogP contribution in [0.15, 0.2) is 53.3 Å². The fraction of sp³-hybridized carbons (Fsp3) is 0.154. The van der Waals surface area contributed by atoms with Crippen LogP contribution in [0.3, 0.4) is 0 Å². The molecule has 88 valence electrons. The number of rotatable bonds is 4. The van der Waals surface area contributed by atoms with Crippen LogP contribution in [0.5, 0.6) is 0 Å². The van der Waals surface area contributed by atoms with E-state index in [1.165, 1.54) is 0 Å². The molecule has 1 aromatic carbocycles. The number of benzene rings is 1. The van der Waals surface area contributed by atoms with Crippen LogP contribution in [0, 0.1) is 0 Å². The molecule has 0 fully saturated rings. The first-order chi connectivity index (χ1) is 8.29. The van der Waals surface area contributed by atoms with E-state index in [1.54, 1.807) is 12.4 Å². The first-order valence-corrected chi connectivity index (χ1v) is 6.21. The Morgan fingerprint density at radius 1 is 1.12 bits per heavy atom. The molecule has 1 unspecified atom stereocenters. The zero-order valence-electron chi connectivity index (χ0n) is 9.31. The molecule has 0 radical (unpaired) electrons. The van der Waals surface area contributed by atoms with Gasteiger partial charge in [0.25, 0.3) is 0 Å². The van der Waals surface area contributed by atoms with Gasteiger partial charge in [0.1, 0.15) is 0 Å². The first-order valence-electron chi connectivity index (χ1n) is 5.41. The Balaban J connectivity index is 2.13. The predicted molar refractivity (Wildman–Crippen MR) is 73.8 cm³/mol. The fourth-order valence-electron chi connectivity index (χ4n) is 1.62. The van der Waals surface area contributed by atoms with Crippen molar-refractivity contribution in [2.24, 2.45) is 5.73 Å². The van der Waals surface area contributed by atoms with Crippen molar-refractivity contribution in [1.82, 2.24) is 4.98 Å². The van der Waals surface area contributed by atoms with Gasteiger partial charge in [-0.1, -0.05) is 15.9 Å². The van der Waals surface area contributed by atoms with E-state index in [9.17, 15) is 0 Å². The smallest absolute Gasteiger partial charge is 0.0637 e. The summed E-state index contributed by atoms with van der Waals surface area (Å²) < 4.78 is 1.07. The number of hydrogen-bond donors (Lipinski definition) is 2. The van der Waals surface area contributed by atoms with Gasteiger partial charge in [-0.05, 0) is 42.0 Å². The van der Waals surface area contributed by atoms with Crippen LogP contribution in [-0.2, 0) is 0 Å². The molecule has 2 rings (SSSR count). The summed E-state index contributed by atoms with van der Waals surface area (Å²) in [5.74, 6) is 0. The normalized spacial score (nSPS) is 12.1. The lowest BCUT2D eigenvalue weighted by atomic mass is 10.1. The van der Waals surface area contributed by atoms with Gasteiger partial charge in [0, 0.05) is 29.1 Å². The third-order valence-electron chi connectivity index (χ3n) is 2.53. The lowest BCUT2D eigenvalue weighted by Gasteiger charge is -2.18. The van der Waals surface area contributed by atoms with Crippen molar-refractivity contribution in [1.29, 1.82) is 0 Å². The quantitative estimate of drug-likeness (QED) is 0.911. The van der Waals surface area contributed by atoms with Gasteiger partial charge in [0.2, 0.25) is 0 Å². The maximum atomic E-state index is 5.79. The Kier molecular flexibility index (Phi) is 4.12. The molecule has 17 heavy (non-hydrogen) atoms. The number of hydrogen-bond acceptors (Lipinski definition) is 3. The van der Waals surface area contributed by atoms with Gasteiger partial charge in [-0.3, -0.25) is 4.98 Å². The first kappa shape index (κ1) is 12.1. The summed E-state index contributed by atoms with van der Waals surface area (Å²) in [5, 5.41) is 3.40. The van der Waals surface area contributed by atoms with Crippen LogP contribution in [-0.4, -0.2) is 11.5 Å². The van der Waals surface area contributed by atoms with Crippen molar-refractivity contribution < 1.29 is 0 Å². The Morgan fingerprint density at radius 2 is 1.76 bits per heavy atom. The van der Waals surface area contributed by atoms with Crippen molar-refractivity contribution in [2.75, 3.05) is 11.9 Å². The number of anilines is 1. The van der Waals surface area contributed by atoms with Gasteiger partial charge in [-0.15, -0.1) is 0 Å². The molecule has 0 amide bonds. The van der Waals surface area contributed by atoms with Crippen LogP contribution in [0.25, 0.3) is 0 Å². The lowest BCUT2D eigenvalue weighted by molar-refractivity contribution is 0.788. The Morgan fingerprint density at radius 3 is 2.35 bits per heavy atom. The molecule has 0 spiro atoms. The standard InChI is InChI=1S/C13H14BrN3/c14-11-1-3-12(4-2-11)17-13(9-15)10-5-7-16-8-6-10/h1-8,13,17H,9,15H2. The summed E-state index contributed by atoms with van der Waals surface area (Å²) in [7, 11) is 0. The van der Waals surface area contributed by atoms with Gasteiger partial charge in [0.05, 0.1) is 6.04 Å². The summed E-state index contributed by atoms with van der Waals surface area (Å²) in [6, 6.07) is 12.1. The molecule has 0 aliphatic rings. The number of nitrogens with zero attached hydrogens (tertiary/aromatic N) is 1. The maximum absolute atomic E-state index is 5.79. The number of pyridine rings is 1. The van der Waals surface area contributed by atoms with Gasteiger partial charge in [0.15, 0.2) is 0 Å². The summed E-state index contributed by atoms with van der Waals surface area (Å²) in [5.41, 5.74) is 7.99. The van der Waals surface area contributed by atoms with E-state index in [-0.39, 0.29) is 6.04 Å². The minimum Gasteiger partial charge on any atom is -0.377 e. The van der Waals surface area contributed by atoms with E-state index in [4.69, 9.17) is 5.73 Å². The molecule has 0 aliphatic carbocycles. The van der Waals surface area contributed by atoms with Gasteiger partial charge >= 0.3 is 0 Å². The molecule has 0 bridgehead atoms.